The summed E-state index contributed by atoms with van der Waals surface area (Å²) >= 11 is 0. The zero-order chi connectivity index (χ0) is 21.7. The highest BCUT2D eigenvalue weighted by Crippen LogP contribution is 2.57. The minimum atomic E-state index is 0.551. The van der Waals surface area contributed by atoms with Gasteiger partial charge in [-0.1, -0.05) is 64.2 Å². The van der Waals surface area contributed by atoms with Crippen LogP contribution in [0.2, 0.25) is 0 Å². The SMILES string of the molecule is NC1C2CCCC2CC1C1CCC(CCCCCC2CCC([C@@H]3C(N)C4CCCC43)C2)C1. The lowest BCUT2D eigenvalue weighted by molar-refractivity contribution is 0.0165. The van der Waals surface area contributed by atoms with Crippen LogP contribution in [0, 0.1) is 59.2 Å². The predicted octanol–water partition coefficient (Wildman–Crippen LogP) is 6.91. The number of rotatable bonds is 8. The van der Waals surface area contributed by atoms with Crippen LogP contribution < -0.4 is 11.5 Å². The second-order valence-electron chi connectivity index (χ2n) is 13.8. The highest BCUT2D eigenvalue weighted by Gasteiger charge is 2.54. The number of unbranched alkanes of at least 4 members (excludes halogenated alkanes) is 2. The van der Waals surface area contributed by atoms with Gasteiger partial charge >= 0.3 is 0 Å². The van der Waals surface area contributed by atoms with Crippen molar-refractivity contribution in [1.29, 1.82) is 0 Å². The monoisotopic (exact) mass is 440 g/mol. The summed E-state index contributed by atoms with van der Waals surface area (Å²) in [6, 6.07) is 1.12. The van der Waals surface area contributed by atoms with Crippen LogP contribution in [0.15, 0.2) is 0 Å². The Balaban J connectivity index is 0.855. The topological polar surface area (TPSA) is 52.0 Å². The van der Waals surface area contributed by atoms with Gasteiger partial charge in [-0.25, -0.2) is 0 Å². The number of nitrogens with two attached hydrogens (primary N) is 2. The lowest BCUT2D eigenvalue weighted by Gasteiger charge is -2.50. The van der Waals surface area contributed by atoms with Crippen LogP contribution in [0.25, 0.3) is 0 Å². The van der Waals surface area contributed by atoms with E-state index < -0.39 is 0 Å². The highest BCUT2D eigenvalue weighted by atomic mass is 14.8. The average Bonchev–Trinajstić information content (AvgIpc) is 3.59. The Morgan fingerprint density at radius 3 is 1.88 bits per heavy atom. The van der Waals surface area contributed by atoms with Gasteiger partial charge in [0.25, 0.3) is 0 Å². The van der Waals surface area contributed by atoms with Gasteiger partial charge in [-0.2, -0.15) is 0 Å². The molecule has 182 valence electrons. The van der Waals surface area contributed by atoms with Gasteiger partial charge in [-0.3, -0.25) is 0 Å². The van der Waals surface area contributed by atoms with E-state index in [1.54, 1.807) is 0 Å². The van der Waals surface area contributed by atoms with Gasteiger partial charge in [0.2, 0.25) is 0 Å². The molecule has 6 saturated carbocycles. The summed E-state index contributed by atoms with van der Waals surface area (Å²) in [4.78, 5) is 0. The molecule has 6 aliphatic rings. The highest BCUT2D eigenvalue weighted by molar-refractivity contribution is 5.06. The second kappa shape index (κ2) is 9.52. The first-order chi connectivity index (χ1) is 15.7. The molecule has 0 aromatic rings. The van der Waals surface area contributed by atoms with Crippen molar-refractivity contribution in [3.8, 4) is 0 Å². The lowest BCUT2D eigenvalue weighted by Crippen LogP contribution is -2.56. The smallest absolute Gasteiger partial charge is 0.0104 e. The molecule has 32 heavy (non-hydrogen) atoms. The molecule has 2 nitrogen and oxygen atoms in total. The van der Waals surface area contributed by atoms with Crippen molar-refractivity contribution in [3.63, 3.8) is 0 Å². The quantitative estimate of drug-likeness (QED) is 0.403. The molecular weight excluding hydrogens is 388 g/mol. The lowest BCUT2D eigenvalue weighted by atomic mass is 9.57. The van der Waals surface area contributed by atoms with Crippen molar-refractivity contribution in [3.05, 3.63) is 0 Å². The van der Waals surface area contributed by atoms with Crippen LogP contribution >= 0.6 is 0 Å². The van der Waals surface area contributed by atoms with Gasteiger partial charge in [0.1, 0.15) is 0 Å². The van der Waals surface area contributed by atoms with Crippen molar-refractivity contribution in [2.45, 2.75) is 128 Å². The van der Waals surface area contributed by atoms with Gasteiger partial charge in [-0.15, -0.1) is 0 Å². The van der Waals surface area contributed by atoms with E-state index in [1.165, 1.54) is 116 Å². The molecule has 2 heteroatoms. The fourth-order valence-electron chi connectivity index (χ4n) is 10.8. The van der Waals surface area contributed by atoms with E-state index in [2.05, 4.69) is 0 Å². The van der Waals surface area contributed by atoms with Crippen LogP contribution in [-0.2, 0) is 0 Å². The molecule has 0 heterocycles. The Hall–Kier alpha value is -0.0800. The molecule has 0 radical (unpaired) electrons. The number of hydrogen-bond donors (Lipinski definition) is 2. The maximum absolute atomic E-state index is 6.76. The molecule has 0 aliphatic heterocycles. The van der Waals surface area contributed by atoms with E-state index in [0.717, 1.165) is 59.2 Å². The Morgan fingerprint density at radius 1 is 0.469 bits per heavy atom. The molecule has 12 atom stereocenters. The summed E-state index contributed by atoms with van der Waals surface area (Å²) < 4.78 is 0. The molecule has 0 spiro atoms. The minimum Gasteiger partial charge on any atom is -0.327 e. The summed E-state index contributed by atoms with van der Waals surface area (Å²) in [5, 5.41) is 0. The van der Waals surface area contributed by atoms with Crippen LogP contribution in [0.5, 0.6) is 0 Å². The number of fused-ring (bicyclic) bond motifs is 2. The maximum atomic E-state index is 6.76. The summed E-state index contributed by atoms with van der Waals surface area (Å²) in [5.74, 6) is 9.68. The molecular formula is C30H52N2. The normalized spacial score (nSPS) is 52.3. The third-order valence-electron chi connectivity index (χ3n) is 12.4. The van der Waals surface area contributed by atoms with E-state index in [-0.39, 0.29) is 0 Å². The molecule has 0 aromatic heterocycles. The van der Waals surface area contributed by atoms with Crippen molar-refractivity contribution >= 4 is 0 Å². The van der Waals surface area contributed by atoms with Gasteiger partial charge in [0.15, 0.2) is 0 Å². The minimum absolute atomic E-state index is 0.551. The predicted molar refractivity (Wildman–Crippen MR) is 134 cm³/mol. The van der Waals surface area contributed by atoms with Crippen molar-refractivity contribution in [2.24, 2.45) is 70.6 Å². The van der Waals surface area contributed by atoms with Gasteiger partial charge in [0, 0.05) is 12.1 Å². The van der Waals surface area contributed by atoms with E-state index in [1.807, 2.05) is 0 Å². The molecule has 0 amide bonds. The van der Waals surface area contributed by atoms with E-state index in [9.17, 15) is 0 Å². The molecule has 0 saturated heterocycles. The number of hydrogen-bond acceptors (Lipinski definition) is 2. The van der Waals surface area contributed by atoms with E-state index >= 15 is 0 Å². The molecule has 6 fully saturated rings. The second-order valence-corrected chi connectivity index (χ2v) is 13.8. The Morgan fingerprint density at radius 2 is 1.09 bits per heavy atom. The van der Waals surface area contributed by atoms with Gasteiger partial charge in [0.05, 0.1) is 0 Å². The van der Waals surface area contributed by atoms with Crippen molar-refractivity contribution in [2.75, 3.05) is 0 Å². The average molecular weight is 441 g/mol. The summed E-state index contributed by atoms with van der Waals surface area (Å²) in [6.45, 7) is 0. The van der Waals surface area contributed by atoms with Gasteiger partial charge in [-0.05, 0) is 111 Å². The Labute approximate surface area is 198 Å². The molecule has 6 rings (SSSR count). The molecule has 0 bridgehead atoms. The molecule has 6 aliphatic carbocycles. The first-order valence-electron chi connectivity index (χ1n) is 15.2. The first kappa shape index (κ1) is 22.4. The standard InChI is InChI=1S/C30H52N2/c31-29-24-9-4-8-21(24)18-27(29)22-14-12-19(16-22)6-2-1-3-7-20-13-15-23(17-20)28-25-10-5-11-26(25)30(28)32/h19-30H,1-18,31-32H2/t19?,20?,21?,22?,23?,24?,25?,26?,27?,28-,29?,30?/m0/s1. The van der Waals surface area contributed by atoms with Crippen LogP contribution in [-0.4, -0.2) is 12.1 Å². The summed E-state index contributed by atoms with van der Waals surface area (Å²) in [7, 11) is 0. The van der Waals surface area contributed by atoms with E-state index in [4.69, 9.17) is 11.5 Å². The molecule has 11 unspecified atom stereocenters. The van der Waals surface area contributed by atoms with Crippen molar-refractivity contribution < 1.29 is 0 Å². The van der Waals surface area contributed by atoms with Gasteiger partial charge < -0.3 is 11.5 Å². The first-order valence-corrected chi connectivity index (χ1v) is 15.2. The summed E-state index contributed by atoms with van der Waals surface area (Å²) in [5.41, 5.74) is 13.4. The van der Waals surface area contributed by atoms with Crippen molar-refractivity contribution in [1.82, 2.24) is 0 Å². The third-order valence-corrected chi connectivity index (χ3v) is 12.4. The molecule has 0 aromatic carbocycles. The largest absolute Gasteiger partial charge is 0.327 e. The zero-order valence-electron chi connectivity index (χ0n) is 20.8. The fraction of sp³-hybridized carbons (Fsp3) is 1.00. The Bertz CT molecular complexity index is 632. The van der Waals surface area contributed by atoms with Crippen LogP contribution in [0.3, 0.4) is 0 Å². The molecule has 4 N–H and O–H groups in total. The van der Waals surface area contributed by atoms with Crippen LogP contribution in [0.1, 0.15) is 116 Å². The Kier molecular flexibility index (Phi) is 6.66. The third kappa shape index (κ3) is 4.12. The maximum Gasteiger partial charge on any atom is 0.0104 e. The summed E-state index contributed by atoms with van der Waals surface area (Å²) in [6.07, 6.45) is 26.8. The fourth-order valence-corrected chi connectivity index (χ4v) is 10.8. The zero-order valence-corrected chi connectivity index (χ0v) is 20.8. The van der Waals surface area contributed by atoms with E-state index in [0.29, 0.717) is 12.1 Å². The van der Waals surface area contributed by atoms with Crippen LogP contribution in [0.4, 0.5) is 0 Å².